The first kappa shape index (κ1) is 14.9. The van der Waals surface area contributed by atoms with Gasteiger partial charge in [0.15, 0.2) is 5.82 Å². The lowest BCUT2D eigenvalue weighted by Gasteiger charge is -2.08. The van der Waals surface area contributed by atoms with Crippen molar-refractivity contribution >= 4 is 5.82 Å². The van der Waals surface area contributed by atoms with Crippen LogP contribution in [0.2, 0.25) is 0 Å². The summed E-state index contributed by atoms with van der Waals surface area (Å²) in [6.07, 6.45) is 1.07. The Morgan fingerprint density at radius 3 is 2.67 bits per heavy atom. The maximum absolute atomic E-state index is 5.46. The van der Waals surface area contributed by atoms with Crippen molar-refractivity contribution in [1.82, 2.24) is 9.97 Å². The smallest absolute Gasteiger partial charge is 0.156 e. The summed E-state index contributed by atoms with van der Waals surface area (Å²) < 4.78 is 10.7. The molecule has 0 saturated carbocycles. The number of nitrogens with zero attached hydrogens (tertiary/aromatic N) is 2. The van der Waals surface area contributed by atoms with Gasteiger partial charge in [-0.2, -0.15) is 0 Å². The molecule has 5 nitrogen and oxygen atoms in total. The molecule has 0 saturated heterocycles. The fourth-order valence-electron chi connectivity index (χ4n) is 1.46. The second-order valence-electron chi connectivity index (χ2n) is 3.99. The normalized spacial score (nSPS) is 10.6. The van der Waals surface area contributed by atoms with Gasteiger partial charge in [-0.3, -0.25) is 0 Å². The Morgan fingerprint density at radius 1 is 1.17 bits per heavy atom. The van der Waals surface area contributed by atoms with Crippen molar-refractivity contribution in [3.63, 3.8) is 0 Å². The summed E-state index contributed by atoms with van der Waals surface area (Å²) in [5.41, 5.74) is 0.951. The molecule has 0 bridgehead atoms. The highest BCUT2D eigenvalue weighted by atomic mass is 16.5. The molecule has 18 heavy (non-hydrogen) atoms. The summed E-state index contributed by atoms with van der Waals surface area (Å²) in [6, 6.07) is 1.94. The van der Waals surface area contributed by atoms with Crippen LogP contribution in [-0.4, -0.2) is 36.3 Å². The number of rotatable bonds is 9. The van der Waals surface area contributed by atoms with Crippen LogP contribution in [0, 0.1) is 6.92 Å². The number of hydrogen-bond donors (Lipinski definition) is 1. The minimum Gasteiger partial charge on any atom is -0.379 e. The Bertz CT molecular complexity index is 345. The number of ether oxygens (including phenoxy) is 2. The molecule has 0 fully saturated rings. The lowest BCUT2D eigenvalue weighted by molar-refractivity contribution is 0.0428. The largest absolute Gasteiger partial charge is 0.379 e. The first-order valence-corrected chi connectivity index (χ1v) is 6.50. The SMILES string of the molecule is CCCNc1cc(C)nc(COCCOCC)n1. The topological polar surface area (TPSA) is 56.3 Å². The van der Waals surface area contributed by atoms with Crippen LogP contribution >= 0.6 is 0 Å². The van der Waals surface area contributed by atoms with Gasteiger partial charge in [0.1, 0.15) is 12.4 Å². The van der Waals surface area contributed by atoms with E-state index in [2.05, 4.69) is 22.2 Å². The predicted molar refractivity (Wildman–Crippen MR) is 71.7 cm³/mol. The van der Waals surface area contributed by atoms with Gasteiger partial charge in [0.25, 0.3) is 0 Å². The minimum atomic E-state index is 0.426. The van der Waals surface area contributed by atoms with Crippen molar-refractivity contribution in [1.29, 1.82) is 0 Å². The molecular formula is C13H23N3O2. The highest BCUT2D eigenvalue weighted by Crippen LogP contribution is 2.07. The van der Waals surface area contributed by atoms with Crippen molar-refractivity contribution in [2.45, 2.75) is 33.8 Å². The molecule has 0 unspecified atom stereocenters. The zero-order chi connectivity index (χ0) is 13.2. The van der Waals surface area contributed by atoms with E-state index in [4.69, 9.17) is 9.47 Å². The number of aromatic nitrogens is 2. The third kappa shape index (κ3) is 5.93. The molecule has 5 heteroatoms. The van der Waals surface area contributed by atoms with Gasteiger partial charge in [-0.15, -0.1) is 0 Å². The van der Waals surface area contributed by atoms with E-state index in [1.807, 2.05) is 19.9 Å². The van der Waals surface area contributed by atoms with E-state index in [-0.39, 0.29) is 0 Å². The number of anilines is 1. The molecule has 0 aromatic carbocycles. The third-order valence-electron chi connectivity index (χ3n) is 2.26. The standard InChI is InChI=1S/C13H23N3O2/c1-4-6-14-12-9-11(3)15-13(16-12)10-18-8-7-17-5-2/h9H,4-8,10H2,1-3H3,(H,14,15,16). The molecule has 1 heterocycles. The van der Waals surface area contributed by atoms with Crippen LogP contribution in [0.3, 0.4) is 0 Å². The predicted octanol–water partition coefficient (Wildman–Crippen LogP) is 2.16. The lowest BCUT2D eigenvalue weighted by Crippen LogP contribution is -2.09. The van der Waals surface area contributed by atoms with Gasteiger partial charge in [-0.1, -0.05) is 6.92 Å². The number of aryl methyl sites for hydroxylation is 1. The van der Waals surface area contributed by atoms with Gasteiger partial charge in [0.05, 0.1) is 13.2 Å². The number of hydrogen-bond acceptors (Lipinski definition) is 5. The quantitative estimate of drug-likeness (QED) is 0.683. The summed E-state index contributed by atoms with van der Waals surface area (Å²) >= 11 is 0. The average Bonchev–Trinajstić information content (AvgIpc) is 2.35. The van der Waals surface area contributed by atoms with E-state index in [0.717, 1.165) is 31.1 Å². The molecule has 0 radical (unpaired) electrons. The van der Waals surface area contributed by atoms with Crippen LogP contribution in [0.1, 0.15) is 31.8 Å². The van der Waals surface area contributed by atoms with Gasteiger partial charge in [-0.25, -0.2) is 9.97 Å². The van der Waals surface area contributed by atoms with Crippen molar-refractivity contribution in [2.24, 2.45) is 0 Å². The summed E-state index contributed by atoms with van der Waals surface area (Å²) in [5, 5.41) is 3.25. The van der Waals surface area contributed by atoms with Crippen molar-refractivity contribution in [3.8, 4) is 0 Å². The van der Waals surface area contributed by atoms with E-state index in [9.17, 15) is 0 Å². The molecule has 0 atom stereocenters. The Kier molecular flexibility index (Phi) is 7.29. The first-order valence-electron chi connectivity index (χ1n) is 6.50. The van der Waals surface area contributed by atoms with Crippen LogP contribution in [0.15, 0.2) is 6.07 Å². The fraction of sp³-hybridized carbons (Fsp3) is 0.692. The maximum Gasteiger partial charge on any atom is 0.156 e. The molecule has 1 rings (SSSR count). The summed E-state index contributed by atoms with van der Waals surface area (Å²) in [6.45, 7) is 9.30. The van der Waals surface area contributed by atoms with Crippen LogP contribution in [0.4, 0.5) is 5.82 Å². The van der Waals surface area contributed by atoms with Gasteiger partial charge < -0.3 is 14.8 Å². The van der Waals surface area contributed by atoms with Crippen molar-refractivity contribution < 1.29 is 9.47 Å². The van der Waals surface area contributed by atoms with Crippen LogP contribution in [0.5, 0.6) is 0 Å². The average molecular weight is 253 g/mol. The highest BCUT2D eigenvalue weighted by Gasteiger charge is 2.02. The molecule has 1 aromatic heterocycles. The van der Waals surface area contributed by atoms with Gasteiger partial charge in [-0.05, 0) is 20.3 Å². The minimum absolute atomic E-state index is 0.426. The van der Waals surface area contributed by atoms with E-state index < -0.39 is 0 Å². The zero-order valence-corrected chi connectivity index (χ0v) is 11.5. The molecule has 102 valence electrons. The molecule has 0 aliphatic rings. The monoisotopic (exact) mass is 253 g/mol. The molecule has 0 aliphatic heterocycles. The molecule has 1 N–H and O–H groups in total. The molecule has 1 aromatic rings. The Morgan fingerprint density at radius 2 is 1.94 bits per heavy atom. The zero-order valence-electron chi connectivity index (χ0n) is 11.5. The van der Waals surface area contributed by atoms with Crippen LogP contribution in [-0.2, 0) is 16.1 Å². The summed E-state index contributed by atoms with van der Waals surface area (Å²) in [5.74, 6) is 1.58. The van der Waals surface area contributed by atoms with Crippen molar-refractivity contribution in [2.75, 3.05) is 31.7 Å². The van der Waals surface area contributed by atoms with Gasteiger partial charge >= 0.3 is 0 Å². The van der Waals surface area contributed by atoms with E-state index in [0.29, 0.717) is 25.6 Å². The molecule has 0 spiro atoms. The third-order valence-corrected chi connectivity index (χ3v) is 2.26. The molecule has 0 amide bonds. The van der Waals surface area contributed by atoms with E-state index >= 15 is 0 Å². The summed E-state index contributed by atoms with van der Waals surface area (Å²) in [4.78, 5) is 8.74. The molecule has 0 aliphatic carbocycles. The number of nitrogens with one attached hydrogen (secondary N) is 1. The maximum atomic E-state index is 5.46. The van der Waals surface area contributed by atoms with Crippen molar-refractivity contribution in [3.05, 3.63) is 17.6 Å². The molecular weight excluding hydrogens is 230 g/mol. The fourth-order valence-corrected chi connectivity index (χ4v) is 1.46. The van der Waals surface area contributed by atoms with E-state index in [1.165, 1.54) is 0 Å². The second kappa shape index (κ2) is 8.83. The highest BCUT2D eigenvalue weighted by molar-refractivity contribution is 5.35. The van der Waals surface area contributed by atoms with Crippen LogP contribution in [0.25, 0.3) is 0 Å². The summed E-state index contributed by atoms with van der Waals surface area (Å²) in [7, 11) is 0. The Labute approximate surface area is 109 Å². The first-order chi connectivity index (χ1) is 8.76. The van der Waals surface area contributed by atoms with E-state index in [1.54, 1.807) is 0 Å². The second-order valence-corrected chi connectivity index (χ2v) is 3.99. The Hall–Kier alpha value is -1.20. The van der Waals surface area contributed by atoms with Crippen LogP contribution < -0.4 is 5.32 Å². The Balaban J connectivity index is 2.41. The van der Waals surface area contributed by atoms with Gasteiger partial charge in [0, 0.05) is 24.9 Å². The lowest BCUT2D eigenvalue weighted by atomic mass is 10.4. The van der Waals surface area contributed by atoms with Gasteiger partial charge in [0.2, 0.25) is 0 Å².